The molecule has 0 radical (unpaired) electrons. The first-order valence-electron chi connectivity index (χ1n) is 5.70. The monoisotopic (exact) mass is 275 g/mol. The van der Waals surface area contributed by atoms with Crippen LogP contribution in [0, 0.1) is 0 Å². The van der Waals surface area contributed by atoms with E-state index < -0.39 is 5.60 Å². The summed E-state index contributed by atoms with van der Waals surface area (Å²) in [6, 6.07) is 5.80. The quantitative estimate of drug-likeness (QED) is 0.865. The first kappa shape index (κ1) is 14.8. The van der Waals surface area contributed by atoms with Gasteiger partial charge in [-0.1, -0.05) is 43.1 Å². The molecular formula is C13H19Cl2NO. The van der Waals surface area contributed by atoms with Crippen molar-refractivity contribution in [3.8, 4) is 0 Å². The van der Waals surface area contributed by atoms with Crippen molar-refractivity contribution in [2.75, 3.05) is 6.54 Å². The van der Waals surface area contributed by atoms with Crippen LogP contribution in [0.4, 0.5) is 0 Å². The van der Waals surface area contributed by atoms with E-state index in [0.29, 0.717) is 29.1 Å². The Morgan fingerprint density at radius 1 is 1.29 bits per heavy atom. The first-order valence-corrected chi connectivity index (χ1v) is 6.45. The Labute approximate surface area is 113 Å². The van der Waals surface area contributed by atoms with Gasteiger partial charge in [0.1, 0.15) is 0 Å². The molecule has 17 heavy (non-hydrogen) atoms. The summed E-state index contributed by atoms with van der Waals surface area (Å²) < 4.78 is 0. The Hall–Kier alpha value is -0.280. The highest BCUT2D eigenvalue weighted by atomic mass is 35.5. The number of rotatable bonds is 5. The zero-order chi connectivity index (χ0) is 13.1. The largest absolute Gasteiger partial charge is 0.389 e. The summed E-state index contributed by atoms with van der Waals surface area (Å²) in [6.45, 7) is 6.46. The van der Waals surface area contributed by atoms with Crippen molar-refractivity contribution >= 4 is 23.2 Å². The van der Waals surface area contributed by atoms with Crippen LogP contribution in [-0.4, -0.2) is 23.3 Å². The third-order valence-electron chi connectivity index (χ3n) is 2.46. The molecule has 2 N–H and O–H groups in total. The van der Waals surface area contributed by atoms with Gasteiger partial charge in [0.25, 0.3) is 0 Å². The van der Waals surface area contributed by atoms with E-state index in [4.69, 9.17) is 23.2 Å². The van der Waals surface area contributed by atoms with Crippen molar-refractivity contribution in [1.82, 2.24) is 5.32 Å². The maximum atomic E-state index is 10.2. The van der Waals surface area contributed by atoms with Crippen LogP contribution < -0.4 is 5.32 Å². The van der Waals surface area contributed by atoms with Crippen molar-refractivity contribution < 1.29 is 5.11 Å². The van der Waals surface area contributed by atoms with Crippen molar-refractivity contribution in [2.24, 2.45) is 0 Å². The van der Waals surface area contributed by atoms with E-state index >= 15 is 0 Å². The summed E-state index contributed by atoms with van der Waals surface area (Å²) in [6.07, 6.45) is 0.545. The third kappa shape index (κ3) is 5.26. The molecule has 0 saturated heterocycles. The summed E-state index contributed by atoms with van der Waals surface area (Å²) in [5, 5.41) is 14.5. The summed E-state index contributed by atoms with van der Waals surface area (Å²) in [5.74, 6) is 0. The molecule has 2 nitrogen and oxygen atoms in total. The van der Waals surface area contributed by atoms with Gasteiger partial charge >= 0.3 is 0 Å². The lowest BCUT2D eigenvalue weighted by atomic mass is 9.96. The smallest absolute Gasteiger partial charge is 0.0783 e. The fourth-order valence-electron chi connectivity index (χ4n) is 1.58. The molecule has 0 spiro atoms. The number of nitrogens with one attached hydrogen (secondary N) is 1. The normalized spacial score (nSPS) is 15.0. The molecule has 0 aliphatic heterocycles. The molecule has 0 fully saturated rings. The fraction of sp³-hybridized carbons (Fsp3) is 0.538. The minimum absolute atomic E-state index is 0.357. The predicted molar refractivity (Wildman–Crippen MR) is 73.9 cm³/mol. The van der Waals surface area contributed by atoms with Gasteiger partial charge in [-0.25, -0.2) is 0 Å². The zero-order valence-electron chi connectivity index (χ0n) is 10.4. The van der Waals surface area contributed by atoms with Crippen LogP contribution in [0.3, 0.4) is 0 Å². The highest BCUT2D eigenvalue weighted by Crippen LogP contribution is 2.24. The predicted octanol–water partition coefficient (Wildman–Crippen LogP) is 3.28. The average Bonchev–Trinajstić information content (AvgIpc) is 2.21. The Morgan fingerprint density at radius 2 is 1.94 bits per heavy atom. The molecule has 0 amide bonds. The van der Waals surface area contributed by atoms with Crippen molar-refractivity contribution in [3.05, 3.63) is 33.8 Å². The molecule has 0 aromatic heterocycles. The number of hydrogen-bond acceptors (Lipinski definition) is 2. The van der Waals surface area contributed by atoms with Gasteiger partial charge in [0.05, 0.1) is 15.6 Å². The van der Waals surface area contributed by atoms with Crippen molar-refractivity contribution in [2.45, 2.75) is 38.8 Å². The molecule has 1 aromatic carbocycles. The van der Waals surface area contributed by atoms with Crippen molar-refractivity contribution in [3.63, 3.8) is 0 Å². The van der Waals surface area contributed by atoms with Gasteiger partial charge < -0.3 is 10.4 Å². The molecule has 0 bridgehead atoms. The average molecular weight is 276 g/mol. The Morgan fingerprint density at radius 3 is 2.47 bits per heavy atom. The molecule has 1 unspecified atom stereocenters. The highest BCUT2D eigenvalue weighted by Gasteiger charge is 2.21. The molecular weight excluding hydrogens is 257 g/mol. The number of aliphatic hydroxyl groups is 1. The second-order valence-corrected chi connectivity index (χ2v) is 5.77. The topological polar surface area (TPSA) is 32.3 Å². The van der Waals surface area contributed by atoms with Crippen LogP contribution in [0.15, 0.2) is 18.2 Å². The molecule has 0 aliphatic carbocycles. The molecule has 1 atom stereocenters. The van der Waals surface area contributed by atoms with Gasteiger partial charge in [-0.05, 0) is 24.6 Å². The maximum Gasteiger partial charge on any atom is 0.0783 e. The van der Waals surface area contributed by atoms with Crippen molar-refractivity contribution in [1.29, 1.82) is 0 Å². The molecule has 96 valence electrons. The fourth-order valence-corrected chi connectivity index (χ4v) is 1.90. The summed E-state index contributed by atoms with van der Waals surface area (Å²) in [7, 11) is 0. The van der Waals surface area contributed by atoms with Crippen LogP contribution in [0.1, 0.15) is 26.3 Å². The standard InChI is InChI=1S/C13H19Cl2NO/c1-9(2)16-8-13(3,17)7-10-4-5-11(14)12(15)6-10/h4-6,9,16-17H,7-8H2,1-3H3. The Bertz CT molecular complexity index is 378. The summed E-state index contributed by atoms with van der Waals surface area (Å²) in [4.78, 5) is 0. The van der Waals surface area contributed by atoms with Crippen LogP contribution in [0.5, 0.6) is 0 Å². The van der Waals surface area contributed by atoms with Crippen LogP contribution in [0.2, 0.25) is 10.0 Å². The lowest BCUT2D eigenvalue weighted by Crippen LogP contribution is -2.42. The van der Waals surface area contributed by atoms with Crippen LogP contribution in [0.25, 0.3) is 0 Å². The van der Waals surface area contributed by atoms with Gasteiger partial charge in [0.2, 0.25) is 0 Å². The SMILES string of the molecule is CC(C)NCC(C)(O)Cc1ccc(Cl)c(Cl)c1. The van der Waals surface area contributed by atoms with E-state index in [-0.39, 0.29) is 0 Å². The summed E-state index contributed by atoms with van der Waals surface area (Å²) in [5.41, 5.74) is 0.191. The second-order valence-electron chi connectivity index (χ2n) is 4.96. The van der Waals surface area contributed by atoms with Gasteiger partial charge in [-0.2, -0.15) is 0 Å². The van der Waals surface area contributed by atoms with Crippen LogP contribution in [-0.2, 0) is 6.42 Å². The van der Waals surface area contributed by atoms with E-state index in [2.05, 4.69) is 19.2 Å². The number of benzene rings is 1. The third-order valence-corrected chi connectivity index (χ3v) is 3.20. The molecule has 1 rings (SSSR count). The molecule has 4 heteroatoms. The molecule has 0 saturated carbocycles. The molecule has 0 aliphatic rings. The lowest BCUT2D eigenvalue weighted by Gasteiger charge is -2.25. The first-order chi connectivity index (χ1) is 7.80. The number of hydrogen-bond donors (Lipinski definition) is 2. The van der Waals surface area contributed by atoms with Gasteiger partial charge in [-0.3, -0.25) is 0 Å². The van der Waals surface area contributed by atoms with Gasteiger partial charge in [0, 0.05) is 19.0 Å². The minimum atomic E-state index is -0.790. The second kappa shape index (κ2) is 6.05. The van der Waals surface area contributed by atoms with E-state index in [0.717, 1.165) is 5.56 Å². The van der Waals surface area contributed by atoms with E-state index in [1.807, 2.05) is 13.0 Å². The maximum absolute atomic E-state index is 10.2. The van der Waals surface area contributed by atoms with E-state index in [1.165, 1.54) is 0 Å². The van der Waals surface area contributed by atoms with E-state index in [9.17, 15) is 5.11 Å². The molecule has 1 aromatic rings. The van der Waals surface area contributed by atoms with Gasteiger partial charge in [-0.15, -0.1) is 0 Å². The Balaban J connectivity index is 2.65. The number of halogens is 2. The molecule has 0 heterocycles. The zero-order valence-corrected chi connectivity index (χ0v) is 11.9. The summed E-state index contributed by atoms with van der Waals surface area (Å²) >= 11 is 11.8. The van der Waals surface area contributed by atoms with Crippen LogP contribution >= 0.6 is 23.2 Å². The highest BCUT2D eigenvalue weighted by molar-refractivity contribution is 6.42. The van der Waals surface area contributed by atoms with E-state index in [1.54, 1.807) is 12.1 Å². The van der Waals surface area contributed by atoms with Gasteiger partial charge in [0.15, 0.2) is 0 Å². The minimum Gasteiger partial charge on any atom is -0.389 e. The lowest BCUT2D eigenvalue weighted by molar-refractivity contribution is 0.0581. The Kier molecular flexibility index (Phi) is 5.26.